The van der Waals surface area contributed by atoms with Gasteiger partial charge in [0.25, 0.3) is 6.43 Å². The van der Waals surface area contributed by atoms with E-state index in [0.717, 1.165) is 18.2 Å². The summed E-state index contributed by atoms with van der Waals surface area (Å²) in [5, 5.41) is 17.0. The monoisotopic (exact) mass is 197 g/mol. The lowest BCUT2D eigenvalue weighted by Crippen LogP contribution is -1.99. The summed E-state index contributed by atoms with van der Waals surface area (Å²) < 4.78 is 24.5. The van der Waals surface area contributed by atoms with Gasteiger partial charge in [0, 0.05) is 5.56 Å². The van der Waals surface area contributed by atoms with Gasteiger partial charge >= 0.3 is 5.97 Å². The van der Waals surface area contributed by atoms with Crippen LogP contribution >= 0.6 is 0 Å². The van der Waals surface area contributed by atoms with Crippen LogP contribution in [0.3, 0.4) is 0 Å². The number of aromatic carboxylic acids is 1. The molecule has 0 spiro atoms. The van der Waals surface area contributed by atoms with Crippen LogP contribution in [0.4, 0.5) is 8.78 Å². The number of alkyl halides is 2. The van der Waals surface area contributed by atoms with E-state index in [1.165, 1.54) is 6.07 Å². The zero-order valence-electron chi connectivity index (χ0n) is 6.87. The van der Waals surface area contributed by atoms with Crippen molar-refractivity contribution in [3.05, 3.63) is 34.9 Å². The number of carboxylic acid groups (broad SMARTS) is 1. The zero-order chi connectivity index (χ0) is 10.7. The summed E-state index contributed by atoms with van der Waals surface area (Å²) in [5.74, 6) is -1.25. The molecule has 3 nitrogen and oxygen atoms in total. The van der Waals surface area contributed by atoms with Crippen LogP contribution in [0.25, 0.3) is 0 Å². The molecule has 14 heavy (non-hydrogen) atoms. The summed E-state index contributed by atoms with van der Waals surface area (Å²) in [6.45, 7) is 0. The highest BCUT2D eigenvalue weighted by Crippen LogP contribution is 2.23. The van der Waals surface area contributed by atoms with E-state index in [1.54, 1.807) is 0 Å². The Bertz CT molecular complexity index is 410. The van der Waals surface area contributed by atoms with Gasteiger partial charge in [-0.1, -0.05) is 6.07 Å². The van der Waals surface area contributed by atoms with Crippen molar-refractivity contribution in [1.29, 1.82) is 5.26 Å². The zero-order valence-corrected chi connectivity index (χ0v) is 6.87. The SMILES string of the molecule is N#Cc1cc(C(=O)O)ccc1C(F)F. The molecule has 0 unspecified atom stereocenters. The lowest BCUT2D eigenvalue weighted by Gasteiger charge is -2.02. The Hall–Kier alpha value is -1.96. The van der Waals surface area contributed by atoms with Crippen LogP contribution < -0.4 is 0 Å². The van der Waals surface area contributed by atoms with Crippen molar-refractivity contribution in [3.8, 4) is 6.07 Å². The Labute approximate surface area is 78.2 Å². The van der Waals surface area contributed by atoms with E-state index < -0.39 is 18.0 Å². The van der Waals surface area contributed by atoms with Gasteiger partial charge in [0.15, 0.2) is 0 Å². The molecular formula is C9H5F2NO2. The fraction of sp³-hybridized carbons (Fsp3) is 0.111. The molecule has 0 aliphatic rings. The predicted octanol–water partition coefficient (Wildman–Crippen LogP) is 2.19. The van der Waals surface area contributed by atoms with Crippen LogP contribution in [0.5, 0.6) is 0 Å². The van der Waals surface area contributed by atoms with Crippen molar-refractivity contribution >= 4 is 5.97 Å². The molecule has 0 radical (unpaired) electrons. The molecule has 1 aromatic rings. The van der Waals surface area contributed by atoms with Crippen LogP contribution in [-0.2, 0) is 0 Å². The van der Waals surface area contributed by atoms with Crippen LogP contribution in [0.15, 0.2) is 18.2 Å². The maximum atomic E-state index is 12.2. The van der Waals surface area contributed by atoms with Crippen LogP contribution in [0.2, 0.25) is 0 Å². The molecule has 0 saturated heterocycles. The molecule has 1 rings (SSSR count). The van der Waals surface area contributed by atoms with E-state index in [9.17, 15) is 13.6 Å². The standard InChI is InChI=1S/C9H5F2NO2/c10-8(11)7-2-1-5(9(13)14)3-6(7)4-12/h1-3,8H,(H,13,14). The first kappa shape index (κ1) is 10.1. The number of hydrogen-bond acceptors (Lipinski definition) is 2. The number of carbonyl (C=O) groups is 1. The molecule has 0 aliphatic heterocycles. The molecular weight excluding hydrogens is 192 g/mol. The van der Waals surface area contributed by atoms with Gasteiger partial charge < -0.3 is 5.11 Å². The summed E-state index contributed by atoms with van der Waals surface area (Å²) in [5.41, 5.74) is -0.927. The molecule has 0 saturated carbocycles. The van der Waals surface area contributed by atoms with Crippen molar-refractivity contribution < 1.29 is 18.7 Å². The number of nitriles is 1. The number of halogens is 2. The van der Waals surface area contributed by atoms with Gasteiger partial charge in [-0.25, -0.2) is 13.6 Å². The average molecular weight is 197 g/mol. The second kappa shape index (κ2) is 3.83. The lowest BCUT2D eigenvalue weighted by molar-refractivity contribution is 0.0696. The quantitative estimate of drug-likeness (QED) is 0.790. The molecule has 0 aromatic heterocycles. The van der Waals surface area contributed by atoms with E-state index in [1.807, 2.05) is 0 Å². The molecule has 5 heteroatoms. The highest BCUT2D eigenvalue weighted by molar-refractivity contribution is 5.88. The predicted molar refractivity (Wildman–Crippen MR) is 43.1 cm³/mol. The molecule has 0 atom stereocenters. The van der Waals surface area contributed by atoms with Crippen molar-refractivity contribution in [2.45, 2.75) is 6.43 Å². The van der Waals surface area contributed by atoms with Crippen LogP contribution in [-0.4, -0.2) is 11.1 Å². The second-order valence-corrected chi connectivity index (χ2v) is 2.52. The highest BCUT2D eigenvalue weighted by Gasteiger charge is 2.14. The highest BCUT2D eigenvalue weighted by atomic mass is 19.3. The second-order valence-electron chi connectivity index (χ2n) is 2.52. The molecule has 72 valence electrons. The first-order valence-electron chi connectivity index (χ1n) is 3.61. The third-order valence-electron chi connectivity index (χ3n) is 1.66. The van der Waals surface area contributed by atoms with Gasteiger partial charge in [-0.3, -0.25) is 0 Å². The first-order valence-corrected chi connectivity index (χ1v) is 3.61. The van der Waals surface area contributed by atoms with Gasteiger partial charge in [0.05, 0.1) is 17.2 Å². The van der Waals surface area contributed by atoms with E-state index in [-0.39, 0.29) is 11.1 Å². The van der Waals surface area contributed by atoms with Crippen molar-refractivity contribution in [1.82, 2.24) is 0 Å². The maximum absolute atomic E-state index is 12.2. The minimum absolute atomic E-state index is 0.175. The number of carboxylic acids is 1. The first-order chi connectivity index (χ1) is 6.56. The number of benzene rings is 1. The Morgan fingerprint density at radius 3 is 2.57 bits per heavy atom. The third kappa shape index (κ3) is 1.85. The molecule has 0 bridgehead atoms. The summed E-state index contributed by atoms with van der Waals surface area (Å²) in [4.78, 5) is 10.5. The molecule has 0 fully saturated rings. The Morgan fingerprint density at radius 2 is 2.14 bits per heavy atom. The fourth-order valence-electron chi connectivity index (χ4n) is 0.976. The lowest BCUT2D eigenvalue weighted by atomic mass is 10.1. The van der Waals surface area contributed by atoms with Gasteiger partial charge in [0.1, 0.15) is 0 Å². The maximum Gasteiger partial charge on any atom is 0.335 e. The smallest absolute Gasteiger partial charge is 0.335 e. The van der Waals surface area contributed by atoms with Crippen LogP contribution in [0, 0.1) is 11.3 Å². The van der Waals surface area contributed by atoms with Crippen molar-refractivity contribution in [2.75, 3.05) is 0 Å². The van der Waals surface area contributed by atoms with Crippen molar-refractivity contribution in [2.24, 2.45) is 0 Å². The van der Waals surface area contributed by atoms with Gasteiger partial charge in [-0.2, -0.15) is 5.26 Å². The van der Waals surface area contributed by atoms with Crippen molar-refractivity contribution in [3.63, 3.8) is 0 Å². The third-order valence-corrected chi connectivity index (χ3v) is 1.66. The Morgan fingerprint density at radius 1 is 1.50 bits per heavy atom. The van der Waals surface area contributed by atoms with Gasteiger partial charge in [-0.15, -0.1) is 0 Å². The topological polar surface area (TPSA) is 61.1 Å². The average Bonchev–Trinajstić information content (AvgIpc) is 2.16. The normalized spacial score (nSPS) is 9.86. The minimum Gasteiger partial charge on any atom is -0.478 e. The van der Waals surface area contributed by atoms with Gasteiger partial charge in [0.2, 0.25) is 0 Å². The van der Waals surface area contributed by atoms with E-state index in [4.69, 9.17) is 10.4 Å². The van der Waals surface area contributed by atoms with Crippen LogP contribution in [0.1, 0.15) is 27.9 Å². The summed E-state index contributed by atoms with van der Waals surface area (Å²) in [7, 11) is 0. The van der Waals surface area contributed by atoms with E-state index in [2.05, 4.69) is 0 Å². The Kier molecular flexibility index (Phi) is 2.77. The van der Waals surface area contributed by atoms with E-state index >= 15 is 0 Å². The number of rotatable bonds is 2. The van der Waals surface area contributed by atoms with E-state index in [0.29, 0.717) is 0 Å². The number of hydrogen-bond donors (Lipinski definition) is 1. The summed E-state index contributed by atoms with van der Waals surface area (Å²) in [6.07, 6.45) is -2.77. The molecule has 1 N–H and O–H groups in total. The largest absolute Gasteiger partial charge is 0.478 e. The molecule has 0 heterocycles. The fourth-order valence-corrected chi connectivity index (χ4v) is 0.976. The summed E-state index contributed by atoms with van der Waals surface area (Å²) >= 11 is 0. The van der Waals surface area contributed by atoms with Gasteiger partial charge in [-0.05, 0) is 12.1 Å². The number of nitrogens with zero attached hydrogens (tertiary/aromatic N) is 1. The molecule has 1 aromatic carbocycles. The molecule has 0 aliphatic carbocycles. The molecule has 0 amide bonds. The summed E-state index contributed by atoms with van der Waals surface area (Å²) in [6, 6.07) is 4.46. The minimum atomic E-state index is -2.77. The Balaban J connectivity index is 3.27.